The van der Waals surface area contributed by atoms with Gasteiger partial charge in [0.1, 0.15) is 5.72 Å². The van der Waals surface area contributed by atoms with Crippen LogP contribution < -0.4 is 5.32 Å². The largest absolute Gasteiger partial charge is 0.361 e. The van der Waals surface area contributed by atoms with E-state index in [4.69, 9.17) is 4.74 Å². The maximum atomic E-state index is 6.06. The van der Waals surface area contributed by atoms with Crippen LogP contribution in [0, 0.1) is 11.3 Å². The van der Waals surface area contributed by atoms with Crippen LogP contribution in [0.2, 0.25) is 0 Å². The molecule has 0 bridgehead atoms. The summed E-state index contributed by atoms with van der Waals surface area (Å²) in [6.07, 6.45) is 7.49. The summed E-state index contributed by atoms with van der Waals surface area (Å²) in [5.41, 5.74) is 0.528. The molecule has 0 radical (unpaired) electrons. The van der Waals surface area contributed by atoms with Crippen molar-refractivity contribution in [1.82, 2.24) is 5.32 Å². The van der Waals surface area contributed by atoms with Crippen molar-refractivity contribution >= 4 is 0 Å². The first kappa shape index (κ1) is 13.4. The van der Waals surface area contributed by atoms with E-state index >= 15 is 0 Å². The lowest BCUT2D eigenvalue weighted by Gasteiger charge is -2.48. The van der Waals surface area contributed by atoms with Gasteiger partial charge in [-0.1, -0.05) is 27.2 Å². The maximum absolute atomic E-state index is 6.06. The van der Waals surface area contributed by atoms with Gasteiger partial charge in [-0.3, -0.25) is 5.32 Å². The second-order valence-electron chi connectivity index (χ2n) is 6.79. The minimum Gasteiger partial charge on any atom is -0.361 e. The molecule has 1 saturated carbocycles. The standard InChI is InChI=1S/C15H29NO/c1-5-14(3,4)13-6-9-15(10-7-13)16-12(2)8-11-17-15/h12-13,16H,5-11H2,1-4H3. The summed E-state index contributed by atoms with van der Waals surface area (Å²) in [7, 11) is 0. The third-order valence-electron chi connectivity index (χ3n) is 5.25. The monoisotopic (exact) mass is 239 g/mol. The second kappa shape index (κ2) is 4.89. The molecule has 1 spiro atoms. The first-order valence-electron chi connectivity index (χ1n) is 7.39. The zero-order chi connectivity index (χ0) is 12.5. The Bertz CT molecular complexity index is 254. The van der Waals surface area contributed by atoms with Crippen LogP contribution in [0.4, 0.5) is 0 Å². The van der Waals surface area contributed by atoms with Crippen LogP contribution in [0.15, 0.2) is 0 Å². The van der Waals surface area contributed by atoms with E-state index in [1.165, 1.54) is 32.1 Å². The summed E-state index contributed by atoms with van der Waals surface area (Å²) in [4.78, 5) is 0. The molecule has 1 unspecified atom stereocenters. The molecule has 0 aromatic carbocycles. The van der Waals surface area contributed by atoms with E-state index in [0.717, 1.165) is 18.9 Å². The molecule has 1 saturated heterocycles. The number of ether oxygens (including phenoxy) is 1. The molecule has 2 heteroatoms. The van der Waals surface area contributed by atoms with Crippen LogP contribution in [-0.4, -0.2) is 18.4 Å². The van der Waals surface area contributed by atoms with Crippen molar-refractivity contribution in [3.05, 3.63) is 0 Å². The van der Waals surface area contributed by atoms with Crippen molar-refractivity contribution < 1.29 is 4.74 Å². The topological polar surface area (TPSA) is 21.3 Å². The van der Waals surface area contributed by atoms with Crippen LogP contribution in [-0.2, 0) is 4.74 Å². The fourth-order valence-electron chi connectivity index (χ4n) is 3.44. The summed E-state index contributed by atoms with van der Waals surface area (Å²) < 4.78 is 6.06. The average molecular weight is 239 g/mol. The molecule has 2 fully saturated rings. The zero-order valence-corrected chi connectivity index (χ0v) is 12.0. The Kier molecular flexibility index (Phi) is 3.84. The molecular weight excluding hydrogens is 210 g/mol. The molecule has 2 rings (SSSR count). The number of rotatable bonds is 2. The molecule has 1 heterocycles. The van der Waals surface area contributed by atoms with Crippen molar-refractivity contribution in [2.24, 2.45) is 11.3 Å². The van der Waals surface area contributed by atoms with Gasteiger partial charge in [0, 0.05) is 6.04 Å². The smallest absolute Gasteiger partial charge is 0.119 e. The van der Waals surface area contributed by atoms with E-state index in [2.05, 4.69) is 33.0 Å². The van der Waals surface area contributed by atoms with Crippen LogP contribution in [0.3, 0.4) is 0 Å². The van der Waals surface area contributed by atoms with Gasteiger partial charge in [-0.05, 0) is 50.4 Å². The summed E-state index contributed by atoms with van der Waals surface area (Å²) in [5, 5.41) is 3.70. The summed E-state index contributed by atoms with van der Waals surface area (Å²) in [6.45, 7) is 10.4. The van der Waals surface area contributed by atoms with Crippen LogP contribution >= 0.6 is 0 Å². The van der Waals surface area contributed by atoms with Crippen molar-refractivity contribution in [3.8, 4) is 0 Å². The molecule has 0 amide bonds. The molecule has 1 atom stereocenters. The Labute approximate surface area is 107 Å². The Hall–Kier alpha value is -0.0800. The number of nitrogens with one attached hydrogen (secondary N) is 1. The third kappa shape index (κ3) is 2.85. The molecule has 1 aliphatic carbocycles. The second-order valence-corrected chi connectivity index (χ2v) is 6.79. The fraction of sp³-hybridized carbons (Fsp3) is 1.00. The molecule has 0 aromatic rings. The quantitative estimate of drug-likeness (QED) is 0.793. The predicted molar refractivity (Wildman–Crippen MR) is 71.9 cm³/mol. The first-order valence-corrected chi connectivity index (χ1v) is 7.39. The van der Waals surface area contributed by atoms with Crippen molar-refractivity contribution in [3.63, 3.8) is 0 Å². The van der Waals surface area contributed by atoms with Gasteiger partial charge in [0.05, 0.1) is 6.61 Å². The van der Waals surface area contributed by atoms with Crippen LogP contribution in [0.1, 0.15) is 66.2 Å². The molecular formula is C15H29NO. The zero-order valence-electron chi connectivity index (χ0n) is 12.0. The van der Waals surface area contributed by atoms with Crippen molar-refractivity contribution in [2.75, 3.05) is 6.61 Å². The molecule has 1 N–H and O–H groups in total. The normalized spacial score (nSPS) is 39.5. The van der Waals surface area contributed by atoms with Crippen LogP contribution in [0.5, 0.6) is 0 Å². The molecule has 2 aliphatic rings. The van der Waals surface area contributed by atoms with Crippen LogP contribution in [0.25, 0.3) is 0 Å². The van der Waals surface area contributed by atoms with Gasteiger partial charge in [-0.25, -0.2) is 0 Å². The summed E-state index contributed by atoms with van der Waals surface area (Å²) >= 11 is 0. The van der Waals surface area contributed by atoms with Gasteiger partial charge in [0.25, 0.3) is 0 Å². The van der Waals surface area contributed by atoms with E-state index in [1.54, 1.807) is 0 Å². The maximum Gasteiger partial charge on any atom is 0.119 e. The van der Waals surface area contributed by atoms with Gasteiger partial charge >= 0.3 is 0 Å². The Balaban J connectivity index is 1.93. The first-order chi connectivity index (χ1) is 7.97. The van der Waals surface area contributed by atoms with E-state index in [9.17, 15) is 0 Å². The lowest BCUT2D eigenvalue weighted by Crippen LogP contribution is -2.57. The highest BCUT2D eigenvalue weighted by Gasteiger charge is 2.42. The van der Waals surface area contributed by atoms with Gasteiger partial charge in [0.2, 0.25) is 0 Å². The Morgan fingerprint density at radius 1 is 1.24 bits per heavy atom. The van der Waals surface area contributed by atoms with E-state index in [0.29, 0.717) is 11.5 Å². The van der Waals surface area contributed by atoms with Gasteiger partial charge < -0.3 is 4.74 Å². The lowest BCUT2D eigenvalue weighted by atomic mass is 9.68. The highest BCUT2D eigenvalue weighted by molar-refractivity contribution is 4.92. The third-order valence-corrected chi connectivity index (χ3v) is 5.25. The summed E-state index contributed by atoms with van der Waals surface area (Å²) in [5.74, 6) is 0.876. The Morgan fingerprint density at radius 3 is 2.41 bits per heavy atom. The van der Waals surface area contributed by atoms with Gasteiger partial charge in [-0.2, -0.15) is 0 Å². The lowest BCUT2D eigenvalue weighted by molar-refractivity contribution is -0.140. The van der Waals surface area contributed by atoms with E-state index in [1.807, 2.05) is 0 Å². The fourth-order valence-corrected chi connectivity index (χ4v) is 3.44. The van der Waals surface area contributed by atoms with Gasteiger partial charge in [-0.15, -0.1) is 0 Å². The molecule has 0 aromatic heterocycles. The van der Waals surface area contributed by atoms with E-state index in [-0.39, 0.29) is 5.72 Å². The van der Waals surface area contributed by atoms with Gasteiger partial charge in [0.15, 0.2) is 0 Å². The minimum absolute atomic E-state index is 0.0258. The molecule has 1 aliphatic heterocycles. The highest BCUT2D eigenvalue weighted by atomic mass is 16.5. The average Bonchev–Trinajstić information content (AvgIpc) is 2.29. The summed E-state index contributed by atoms with van der Waals surface area (Å²) in [6, 6.07) is 0.625. The molecule has 17 heavy (non-hydrogen) atoms. The Morgan fingerprint density at radius 2 is 1.88 bits per heavy atom. The van der Waals surface area contributed by atoms with Crippen molar-refractivity contribution in [1.29, 1.82) is 0 Å². The highest BCUT2D eigenvalue weighted by Crippen LogP contribution is 2.44. The van der Waals surface area contributed by atoms with E-state index < -0.39 is 0 Å². The minimum atomic E-state index is 0.0258. The number of hydrogen-bond donors (Lipinski definition) is 1. The molecule has 2 nitrogen and oxygen atoms in total. The molecule has 100 valence electrons. The number of hydrogen-bond acceptors (Lipinski definition) is 2. The SMILES string of the molecule is CCC(C)(C)C1CCC2(CC1)NC(C)CCO2. The van der Waals surface area contributed by atoms with Crippen molar-refractivity contribution in [2.45, 2.75) is 78.0 Å². The predicted octanol–water partition coefficient (Wildman–Crippen LogP) is 3.71.